The van der Waals surface area contributed by atoms with Crippen LogP contribution >= 0.6 is 11.8 Å². The van der Waals surface area contributed by atoms with Crippen LogP contribution in [0.3, 0.4) is 0 Å². The molecule has 4 heteroatoms. The fraction of sp³-hybridized carbons (Fsp3) is 0.583. The van der Waals surface area contributed by atoms with E-state index in [4.69, 9.17) is 5.73 Å². The third-order valence-corrected chi connectivity index (χ3v) is 4.40. The van der Waals surface area contributed by atoms with E-state index in [1.54, 1.807) is 18.0 Å². The fourth-order valence-electron chi connectivity index (χ4n) is 2.04. The lowest BCUT2D eigenvalue weighted by atomic mass is 10.1. The maximum atomic E-state index is 10.0. The number of aromatic nitrogens is 1. The van der Waals surface area contributed by atoms with Crippen LogP contribution in [0.15, 0.2) is 23.4 Å². The van der Waals surface area contributed by atoms with Gasteiger partial charge in [-0.05, 0) is 25.0 Å². The quantitative estimate of drug-likeness (QED) is 0.777. The van der Waals surface area contributed by atoms with Crippen LogP contribution < -0.4 is 5.73 Å². The van der Waals surface area contributed by atoms with Crippen molar-refractivity contribution in [3.05, 3.63) is 18.3 Å². The van der Waals surface area contributed by atoms with Crippen LogP contribution in [0.25, 0.3) is 0 Å². The number of aliphatic hydroxyl groups excluding tert-OH is 1. The van der Waals surface area contributed by atoms with E-state index >= 15 is 0 Å². The molecule has 1 aliphatic carbocycles. The van der Waals surface area contributed by atoms with E-state index in [1.165, 1.54) is 12.8 Å². The van der Waals surface area contributed by atoms with Crippen molar-refractivity contribution in [3.63, 3.8) is 0 Å². The molecule has 2 rings (SSSR count). The van der Waals surface area contributed by atoms with Crippen LogP contribution in [0, 0.1) is 0 Å². The highest BCUT2D eigenvalue weighted by Crippen LogP contribution is 2.34. The van der Waals surface area contributed by atoms with Crippen LogP contribution in [0.5, 0.6) is 0 Å². The lowest BCUT2D eigenvalue weighted by Gasteiger charge is -2.19. The highest BCUT2D eigenvalue weighted by atomic mass is 32.2. The van der Waals surface area contributed by atoms with Crippen molar-refractivity contribution in [2.24, 2.45) is 0 Å². The Kier molecular flexibility index (Phi) is 4.07. The summed E-state index contributed by atoms with van der Waals surface area (Å²) in [5, 5.41) is 11.1. The molecule has 1 heterocycles. The van der Waals surface area contributed by atoms with Gasteiger partial charge in [0.1, 0.15) is 5.03 Å². The van der Waals surface area contributed by atoms with Gasteiger partial charge in [-0.2, -0.15) is 0 Å². The minimum Gasteiger partial charge on any atom is -0.397 e. The van der Waals surface area contributed by atoms with Gasteiger partial charge in [0.25, 0.3) is 0 Å². The molecule has 0 saturated heterocycles. The number of hydrogen-bond donors (Lipinski definition) is 2. The first-order chi connectivity index (χ1) is 7.77. The molecule has 88 valence electrons. The molecule has 2 unspecified atom stereocenters. The van der Waals surface area contributed by atoms with Gasteiger partial charge in [0.15, 0.2) is 0 Å². The first kappa shape index (κ1) is 11.7. The van der Waals surface area contributed by atoms with E-state index in [2.05, 4.69) is 4.98 Å². The molecule has 0 amide bonds. The monoisotopic (exact) mass is 238 g/mol. The highest BCUT2D eigenvalue weighted by Gasteiger charge is 2.23. The number of hydrogen-bond acceptors (Lipinski definition) is 4. The number of thioether (sulfide) groups is 1. The summed E-state index contributed by atoms with van der Waals surface area (Å²) in [4.78, 5) is 4.26. The van der Waals surface area contributed by atoms with Gasteiger partial charge in [0, 0.05) is 11.4 Å². The zero-order valence-corrected chi connectivity index (χ0v) is 10.1. The van der Waals surface area contributed by atoms with Gasteiger partial charge in [-0.25, -0.2) is 4.98 Å². The first-order valence-electron chi connectivity index (χ1n) is 5.82. The Labute approximate surface area is 100 Å². The summed E-state index contributed by atoms with van der Waals surface area (Å²) in [6, 6.07) is 3.70. The molecule has 0 spiro atoms. The molecule has 1 aromatic rings. The molecule has 1 aliphatic rings. The highest BCUT2D eigenvalue weighted by molar-refractivity contribution is 8.00. The van der Waals surface area contributed by atoms with Gasteiger partial charge >= 0.3 is 0 Å². The molecule has 2 atom stereocenters. The normalized spacial score (nSPS) is 26.3. The number of nitrogens with zero attached hydrogens (tertiary/aromatic N) is 1. The molecule has 0 radical (unpaired) electrons. The summed E-state index contributed by atoms with van der Waals surface area (Å²) in [6.07, 6.45) is 7.06. The molecule has 16 heavy (non-hydrogen) atoms. The molecule has 0 aromatic carbocycles. The van der Waals surface area contributed by atoms with Crippen LogP contribution in [0.4, 0.5) is 5.69 Å². The van der Waals surface area contributed by atoms with Gasteiger partial charge in [0.2, 0.25) is 0 Å². The minimum atomic E-state index is -0.214. The number of nitrogens with two attached hydrogens (primary N) is 1. The standard InChI is InChI=1S/C12H18N2OS/c13-9-5-4-8-14-12(9)16-11-7-3-1-2-6-10(11)15/h4-5,8,10-11,15H,1-3,6-7,13H2. The van der Waals surface area contributed by atoms with E-state index in [1.807, 2.05) is 12.1 Å². The summed E-state index contributed by atoms with van der Waals surface area (Å²) in [6.45, 7) is 0. The fourth-order valence-corrected chi connectivity index (χ4v) is 3.23. The van der Waals surface area contributed by atoms with Crippen LogP contribution in [0.2, 0.25) is 0 Å². The van der Waals surface area contributed by atoms with E-state index in [0.29, 0.717) is 5.69 Å². The van der Waals surface area contributed by atoms with Gasteiger partial charge in [0.05, 0.1) is 11.8 Å². The first-order valence-corrected chi connectivity index (χ1v) is 6.70. The summed E-state index contributed by atoms with van der Waals surface area (Å²) in [5.41, 5.74) is 6.57. The molecule has 1 saturated carbocycles. The minimum absolute atomic E-state index is 0.214. The van der Waals surface area contributed by atoms with Gasteiger partial charge in [-0.3, -0.25) is 0 Å². The third kappa shape index (κ3) is 2.89. The van der Waals surface area contributed by atoms with Crippen molar-refractivity contribution in [1.29, 1.82) is 0 Å². The molecule has 3 nitrogen and oxygen atoms in total. The molecule has 3 N–H and O–H groups in total. The molecule has 0 bridgehead atoms. The molecular formula is C12H18N2OS. The number of aliphatic hydroxyl groups is 1. The van der Waals surface area contributed by atoms with Gasteiger partial charge in [-0.15, -0.1) is 0 Å². The SMILES string of the molecule is Nc1cccnc1SC1CCCCCC1O. The Balaban J connectivity index is 2.05. The predicted octanol–water partition coefficient (Wildman–Crippen LogP) is 2.45. The lowest BCUT2D eigenvalue weighted by Crippen LogP contribution is -2.21. The molecule has 1 fully saturated rings. The molecule has 1 aromatic heterocycles. The Morgan fingerprint density at radius 3 is 2.94 bits per heavy atom. The second-order valence-electron chi connectivity index (χ2n) is 4.26. The average Bonchev–Trinajstić information content (AvgIpc) is 2.48. The molecule has 0 aliphatic heterocycles. The van der Waals surface area contributed by atoms with Crippen LogP contribution in [0.1, 0.15) is 32.1 Å². The van der Waals surface area contributed by atoms with Crippen molar-refractivity contribution in [3.8, 4) is 0 Å². The Morgan fingerprint density at radius 2 is 2.12 bits per heavy atom. The van der Waals surface area contributed by atoms with E-state index in [9.17, 15) is 5.11 Å². The maximum Gasteiger partial charge on any atom is 0.119 e. The lowest BCUT2D eigenvalue weighted by molar-refractivity contribution is 0.163. The second kappa shape index (κ2) is 5.55. The Hall–Kier alpha value is -0.740. The van der Waals surface area contributed by atoms with Crippen LogP contribution in [-0.4, -0.2) is 21.4 Å². The second-order valence-corrected chi connectivity index (χ2v) is 5.49. The molecular weight excluding hydrogens is 220 g/mol. The van der Waals surface area contributed by atoms with Crippen molar-refractivity contribution >= 4 is 17.4 Å². The summed E-state index contributed by atoms with van der Waals surface area (Å²) in [7, 11) is 0. The summed E-state index contributed by atoms with van der Waals surface area (Å²) < 4.78 is 0. The topological polar surface area (TPSA) is 59.1 Å². The van der Waals surface area contributed by atoms with E-state index < -0.39 is 0 Å². The zero-order chi connectivity index (χ0) is 11.4. The smallest absolute Gasteiger partial charge is 0.119 e. The van der Waals surface area contributed by atoms with Crippen molar-refractivity contribution < 1.29 is 5.11 Å². The average molecular weight is 238 g/mol. The largest absolute Gasteiger partial charge is 0.397 e. The van der Waals surface area contributed by atoms with Crippen molar-refractivity contribution in [2.45, 2.75) is 48.5 Å². The summed E-state index contributed by atoms with van der Waals surface area (Å²) in [5.74, 6) is 0. The zero-order valence-electron chi connectivity index (χ0n) is 9.30. The van der Waals surface area contributed by atoms with Gasteiger partial charge < -0.3 is 10.8 Å². The predicted molar refractivity (Wildman–Crippen MR) is 67.4 cm³/mol. The number of nitrogen functional groups attached to an aromatic ring is 1. The Morgan fingerprint density at radius 1 is 1.31 bits per heavy atom. The van der Waals surface area contributed by atoms with E-state index in [-0.39, 0.29) is 11.4 Å². The van der Waals surface area contributed by atoms with Gasteiger partial charge in [-0.1, -0.05) is 31.0 Å². The van der Waals surface area contributed by atoms with Crippen molar-refractivity contribution in [1.82, 2.24) is 4.98 Å². The van der Waals surface area contributed by atoms with E-state index in [0.717, 1.165) is 24.3 Å². The summed E-state index contributed by atoms with van der Waals surface area (Å²) >= 11 is 1.63. The maximum absolute atomic E-state index is 10.0. The number of pyridine rings is 1. The third-order valence-electron chi connectivity index (χ3n) is 2.98. The van der Waals surface area contributed by atoms with Crippen LogP contribution in [-0.2, 0) is 0 Å². The number of rotatable bonds is 2. The Bertz CT molecular complexity index is 346. The van der Waals surface area contributed by atoms with Crippen molar-refractivity contribution in [2.75, 3.05) is 5.73 Å². The number of anilines is 1.